The maximum atomic E-state index is 12.2. The average Bonchev–Trinajstić information content (AvgIpc) is 3.31. The Bertz CT molecular complexity index is 2200. The summed E-state index contributed by atoms with van der Waals surface area (Å²) < 4.78 is 28.0. The molecule has 0 aliphatic heterocycles. The molecule has 64 heavy (non-hydrogen) atoms. The molecule has 14 heteroatoms. The summed E-state index contributed by atoms with van der Waals surface area (Å²) in [4.78, 5) is 48.9. The maximum absolute atomic E-state index is 12.2. The number of hydrogen-bond donors (Lipinski definition) is 4. The van der Waals surface area contributed by atoms with Crippen molar-refractivity contribution in [1.29, 1.82) is 0 Å². The summed E-state index contributed by atoms with van der Waals surface area (Å²) in [6.45, 7) is 14.4. The summed E-state index contributed by atoms with van der Waals surface area (Å²) in [7, 11) is 0. The van der Waals surface area contributed by atoms with Gasteiger partial charge >= 0.3 is 392 Å². The van der Waals surface area contributed by atoms with E-state index in [4.69, 9.17) is 12.1 Å². The van der Waals surface area contributed by atoms with E-state index in [1.165, 1.54) is 48.6 Å². The van der Waals surface area contributed by atoms with Gasteiger partial charge in [-0.25, -0.2) is 0 Å². The normalized spacial score (nSPS) is 11.0. The van der Waals surface area contributed by atoms with Gasteiger partial charge in [-0.05, 0) is 0 Å². The van der Waals surface area contributed by atoms with Gasteiger partial charge in [-0.2, -0.15) is 0 Å². The molecule has 0 heterocycles. The summed E-state index contributed by atoms with van der Waals surface area (Å²) in [5, 5.41) is 11.2. The fourth-order valence-corrected chi connectivity index (χ4v) is 12.3. The molecule has 0 aromatic heterocycles. The molecule has 12 nitrogen and oxygen atoms in total. The van der Waals surface area contributed by atoms with Gasteiger partial charge in [0.1, 0.15) is 0 Å². The van der Waals surface area contributed by atoms with Crippen LogP contribution in [0.2, 0.25) is 0 Å². The third-order valence-electron chi connectivity index (χ3n) is 8.05. The Hall–Kier alpha value is -7.26. The Morgan fingerprint density at radius 2 is 0.547 bits per heavy atom. The second kappa shape index (κ2) is 25.6. The number of carbonyl (C=O) groups excluding carboxylic acids is 4. The molecule has 5 aromatic rings. The predicted molar refractivity (Wildman–Crippen MR) is 257 cm³/mol. The van der Waals surface area contributed by atoms with Crippen molar-refractivity contribution < 1.29 is 31.2 Å². The van der Waals surface area contributed by atoms with Gasteiger partial charge in [-0.15, -0.1) is 0 Å². The molecule has 5 aromatic carbocycles. The number of carbonyl (C=O) groups is 4. The first-order valence-corrected chi connectivity index (χ1v) is 26.1. The zero-order chi connectivity index (χ0) is 45.5. The molecule has 4 amide bonds. The van der Waals surface area contributed by atoms with E-state index in [0.717, 1.165) is 7.02 Å². The van der Waals surface area contributed by atoms with E-state index >= 15 is 0 Å². The molecule has 322 valence electrons. The molecular weight excluding hydrogens is 1030 g/mol. The van der Waals surface area contributed by atoms with Crippen molar-refractivity contribution in [2.45, 2.75) is 0 Å². The van der Waals surface area contributed by atoms with E-state index in [0.29, 0.717) is 45.7 Å². The number of amides is 4. The summed E-state index contributed by atoms with van der Waals surface area (Å²) in [6.07, 6.45) is 17.8. The van der Waals surface area contributed by atoms with Gasteiger partial charge in [0.15, 0.2) is 0 Å². The monoisotopic (exact) mass is 1070 g/mol. The average molecular weight is 1070 g/mol. The van der Waals surface area contributed by atoms with Gasteiger partial charge in [-0.1, -0.05) is 0 Å². The number of allylic oxidation sites excluding steroid dienone is 8. The van der Waals surface area contributed by atoms with Crippen molar-refractivity contribution in [1.82, 2.24) is 0 Å². The van der Waals surface area contributed by atoms with Crippen LogP contribution in [-0.2, 0) is 19.2 Å². The van der Waals surface area contributed by atoms with Crippen LogP contribution in [0.1, 0.15) is 0 Å². The molecular formula is C50H44N4O8Sb2. The van der Waals surface area contributed by atoms with Gasteiger partial charge in [0.05, 0.1) is 0 Å². The predicted octanol–water partition coefficient (Wildman–Crippen LogP) is 8.12. The third kappa shape index (κ3) is 16.2. The molecule has 0 aliphatic carbocycles. The van der Waals surface area contributed by atoms with Gasteiger partial charge in [0.2, 0.25) is 0 Å². The van der Waals surface area contributed by atoms with Crippen LogP contribution in [0.15, 0.2) is 221 Å². The SMILES string of the molecule is C=CC=CC(=O)Nc1ccc([O][Sb]([O]c2ccc(NC(=O)C=CC=C)cc2)[c]2cc[c]([Sb]([O]c3ccc(NC(=O)C=CC=C)cc3)[O]c3ccc(NC(=O)C=CC=C)cc3)cc2)cc1. The van der Waals surface area contributed by atoms with Crippen molar-refractivity contribution in [3.05, 3.63) is 221 Å². The second-order valence-corrected chi connectivity index (χ2v) is 20.8. The van der Waals surface area contributed by atoms with Crippen molar-refractivity contribution >= 4 is 95.5 Å². The van der Waals surface area contributed by atoms with Gasteiger partial charge < -0.3 is 0 Å². The fourth-order valence-electron chi connectivity index (χ4n) is 5.08. The van der Waals surface area contributed by atoms with Crippen LogP contribution in [0.4, 0.5) is 22.7 Å². The zero-order valence-corrected chi connectivity index (χ0v) is 39.6. The number of nitrogens with one attached hydrogen (secondary N) is 4. The summed E-state index contributed by atoms with van der Waals surface area (Å²) in [5.41, 5.74) is 2.33. The molecule has 0 unspecified atom stereocenters. The van der Waals surface area contributed by atoms with Crippen LogP contribution in [-0.4, -0.2) is 65.7 Å². The summed E-state index contributed by atoms with van der Waals surface area (Å²) in [5.74, 6) is 0.981. The van der Waals surface area contributed by atoms with Gasteiger partial charge in [0.25, 0.3) is 0 Å². The minimum atomic E-state index is -3.36. The number of anilines is 4. The van der Waals surface area contributed by atoms with Gasteiger partial charge in [0, 0.05) is 0 Å². The zero-order valence-electron chi connectivity index (χ0n) is 34.5. The first kappa shape index (κ1) is 47.8. The fraction of sp³-hybridized carbons (Fsp3) is 0. The molecule has 4 N–H and O–H groups in total. The first-order valence-electron chi connectivity index (χ1n) is 19.4. The first-order chi connectivity index (χ1) is 31.1. The molecule has 0 atom stereocenters. The van der Waals surface area contributed by atoms with Crippen molar-refractivity contribution in [3.63, 3.8) is 0 Å². The van der Waals surface area contributed by atoms with E-state index in [-0.39, 0.29) is 23.6 Å². The molecule has 0 radical (unpaired) electrons. The Kier molecular flexibility index (Phi) is 19.1. The van der Waals surface area contributed by atoms with Crippen LogP contribution in [0.5, 0.6) is 23.0 Å². The standard InChI is InChI=1S/4C11H11NO2.C6H4.2Sb/c4*1-2-3-4-11(14)12-9-5-7-10(13)8-6-9;1-2-4-6-5-3-1;;/h4*2-8,13H,1H2,(H,12,14);1-2,5-6H;;/q;;;;;2*+2/p-4. The van der Waals surface area contributed by atoms with Crippen LogP contribution >= 0.6 is 0 Å². The molecule has 0 saturated carbocycles. The second-order valence-electron chi connectivity index (χ2n) is 12.8. The Labute approximate surface area is 388 Å². The minimum absolute atomic E-state index is 0.296. The molecule has 0 spiro atoms. The van der Waals surface area contributed by atoms with E-state index < -0.39 is 42.1 Å². The van der Waals surface area contributed by atoms with Crippen LogP contribution in [0.3, 0.4) is 0 Å². The number of benzene rings is 5. The van der Waals surface area contributed by atoms with Crippen LogP contribution in [0.25, 0.3) is 0 Å². The quantitative estimate of drug-likeness (QED) is 0.0308. The van der Waals surface area contributed by atoms with E-state index in [1.807, 2.05) is 24.3 Å². The van der Waals surface area contributed by atoms with Gasteiger partial charge in [-0.3, -0.25) is 0 Å². The Morgan fingerprint density at radius 3 is 0.734 bits per heavy atom. The topological polar surface area (TPSA) is 153 Å². The van der Waals surface area contributed by atoms with Crippen LogP contribution in [0, 0.1) is 0 Å². The van der Waals surface area contributed by atoms with Crippen molar-refractivity contribution in [3.8, 4) is 23.0 Å². The van der Waals surface area contributed by atoms with E-state index in [1.54, 1.807) is 121 Å². The summed E-state index contributed by atoms with van der Waals surface area (Å²) in [6, 6.07) is 35.7. The summed E-state index contributed by atoms with van der Waals surface area (Å²) >= 11 is -6.71. The third-order valence-corrected chi connectivity index (χ3v) is 16.5. The molecule has 0 aliphatic rings. The van der Waals surface area contributed by atoms with E-state index in [9.17, 15) is 19.2 Å². The molecule has 0 fully saturated rings. The number of rotatable bonds is 22. The molecule has 5 rings (SSSR count). The Morgan fingerprint density at radius 1 is 0.344 bits per heavy atom. The Balaban J connectivity index is 1.41. The van der Waals surface area contributed by atoms with Crippen LogP contribution < -0.4 is 40.3 Å². The molecule has 0 bridgehead atoms. The number of hydrogen-bond acceptors (Lipinski definition) is 8. The molecule has 0 saturated heterocycles. The van der Waals surface area contributed by atoms with E-state index in [2.05, 4.69) is 47.6 Å². The van der Waals surface area contributed by atoms with Crippen molar-refractivity contribution in [2.75, 3.05) is 21.3 Å². The van der Waals surface area contributed by atoms with Crippen molar-refractivity contribution in [2.24, 2.45) is 0 Å².